The van der Waals surface area contributed by atoms with E-state index in [0.717, 1.165) is 15.6 Å². The number of rotatable bonds is 8. The molecular formula is C20H21N2O4PS. The molecule has 3 rings (SSSR count). The monoisotopic (exact) mass is 416 g/mol. The molecule has 3 aromatic rings. The lowest BCUT2D eigenvalue weighted by Gasteiger charge is -2.22. The minimum absolute atomic E-state index is 0.112. The number of benzene rings is 2. The number of para-hydroxylation sites is 1. The summed E-state index contributed by atoms with van der Waals surface area (Å²) in [5.74, 6) is 0.331. The van der Waals surface area contributed by atoms with Crippen LogP contribution < -0.4 is 14.9 Å². The molecule has 0 saturated heterocycles. The molecule has 2 atom stereocenters. The van der Waals surface area contributed by atoms with Crippen LogP contribution in [0.15, 0.2) is 54.6 Å². The van der Waals surface area contributed by atoms with Gasteiger partial charge >= 0.3 is 7.52 Å². The highest BCUT2D eigenvalue weighted by atomic mass is 32.1. The number of hydrogen-bond acceptors (Lipinski definition) is 5. The summed E-state index contributed by atoms with van der Waals surface area (Å²) in [5, 5.41) is 6.34. The molecule has 0 bridgehead atoms. The van der Waals surface area contributed by atoms with Gasteiger partial charge in [0.25, 0.3) is 5.91 Å². The number of carbonyl (C=O) groups is 2. The Bertz CT molecular complexity index is 1040. The SMILES string of the molecule is CNC(=O)c1cc2cc(CP(=O)(NC(C)C=O)Oc3ccccc3)ccc2s1. The summed E-state index contributed by atoms with van der Waals surface area (Å²) in [6.45, 7) is 1.63. The van der Waals surface area contributed by atoms with Gasteiger partial charge < -0.3 is 14.6 Å². The largest absolute Gasteiger partial charge is 0.432 e. The third kappa shape index (κ3) is 4.87. The maximum atomic E-state index is 13.5. The van der Waals surface area contributed by atoms with Gasteiger partial charge in [-0.05, 0) is 48.2 Å². The van der Waals surface area contributed by atoms with Crippen molar-refractivity contribution < 1.29 is 18.7 Å². The molecule has 0 aliphatic carbocycles. The number of amides is 1. The van der Waals surface area contributed by atoms with Gasteiger partial charge in [-0.15, -0.1) is 11.3 Å². The van der Waals surface area contributed by atoms with Gasteiger partial charge in [0.05, 0.1) is 17.1 Å². The second kappa shape index (κ2) is 8.69. The average Bonchev–Trinajstić information content (AvgIpc) is 3.11. The van der Waals surface area contributed by atoms with Crippen molar-refractivity contribution in [2.75, 3.05) is 7.05 Å². The highest BCUT2D eigenvalue weighted by Crippen LogP contribution is 2.47. The summed E-state index contributed by atoms with van der Waals surface area (Å²) in [6, 6.07) is 15.7. The minimum Gasteiger partial charge on any atom is -0.432 e. The van der Waals surface area contributed by atoms with Crippen molar-refractivity contribution in [1.82, 2.24) is 10.4 Å². The van der Waals surface area contributed by atoms with Crippen molar-refractivity contribution >= 4 is 41.1 Å². The van der Waals surface area contributed by atoms with E-state index in [1.807, 2.05) is 30.3 Å². The van der Waals surface area contributed by atoms with Crippen LogP contribution >= 0.6 is 18.9 Å². The second-order valence-corrected chi connectivity index (χ2v) is 9.54. The van der Waals surface area contributed by atoms with E-state index in [1.165, 1.54) is 11.3 Å². The highest BCUT2D eigenvalue weighted by Gasteiger charge is 2.27. The van der Waals surface area contributed by atoms with Gasteiger partial charge in [0, 0.05) is 11.7 Å². The van der Waals surface area contributed by atoms with Crippen molar-refractivity contribution in [3.8, 4) is 5.75 Å². The van der Waals surface area contributed by atoms with Crippen LogP contribution in [0.1, 0.15) is 22.2 Å². The summed E-state index contributed by atoms with van der Waals surface area (Å²) >= 11 is 1.40. The lowest BCUT2D eigenvalue weighted by atomic mass is 10.2. The molecule has 0 radical (unpaired) electrons. The van der Waals surface area contributed by atoms with Crippen LogP contribution in [0, 0.1) is 0 Å². The first-order valence-corrected chi connectivity index (χ1v) is 11.4. The molecular weight excluding hydrogens is 395 g/mol. The molecule has 8 heteroatoms. The summed E-state index contributed by atoms with van der Waals surface area (Å²) in [6.07, 6.45) is 0.805. The van der Waals surface area contributed by atoms with E-state index in [9.17, 15) is 14.2 Å². The molecule has 0 saturated carbocycles. The van der Waals surface area contributed by atoms with E-state index < -0.39 is 13.6 Å². The van der Waals surface area contributed by atoms with Crippen LogP contribution in [-0.2, 0) is 15.5 Å². The molecule has 0 aliphatic heterocycles. The fraction of sp³-hybridized carbons (Fsp3) is 0.200. The van der Waals surface area contributed by atoms with Crippen LogP contribution in [0.5, 0.6) is 5.75 Å². The van der Waals surface area contributed by atoms with E-state index >= 15 is 0 Å². The molecule has 2 aromatic carbocycles. The maximum absolute atomic E-state index is 13.5. The molecule has 0 spiro atoms. The van der Waals surface area contributed by atoms with Gasteiger partial charge in [0.2, 0.25) is 0 Å². The first kappa shape index (κ1) is 20.3. The quantitative estimate of drug-likeness (QED) is 0.425. The molecule has 1 heterocycles. The Kier molecular flexibility index (Phi) is 6.29. The van der Waals surface area contributed by atoms with Crippen LogP contribution in [0.2, 0.25) is 0 Å². The van der Waals surface area contributed by atoms with Crippen molar-refractivity contribution in [1.29, 1.82) is 0 Å². The normalized spacial score (nSPS) is 14.2. The first-order valence-electron chi connectivity index (χ1n) is 8.74. The van der Waals surface area contributed by atoms with E-state index in [0.29, 0.717) is 16.9 Å². The summed E-state index contributed by atoms with van der Waals surface area (Å²) in [5.41, 5.74) is 0.790. The van der Waals surface area contributed by atoms with E-state index in [-0.39, 0.29) is 12.1 Å². The Morgan fingerprint density at radius 1 is 1.21 bits per heavy atom. The number of fused-ring (bicyclic) bond motifs is 1. The molecule has 6 nitrogen and oxygen atoms in total. The lowest BCUT2D eigenvalue weighted by molar-refractivity contribution is -0.108. The Morgan fingerprint density at radius 2 is 1.96 bits per heavy atom. The predicted octanol–water partition coefficient (Wildman–Crippen LogP) is 4.21. The molecule has 146 valence electrons. The average molecular weight is 416 g/mol. The third-order valence-corrected chi connectivity index (χ3v) is 7.23. The van der Waals surface area contributed by atoms with Gasteiger partial charge in [-0.3, -0.25) is 9.36 Å². The fourth-order valence-corrected chi connectivity index (χ4v) is 5.78. The molecule has 0 fully saturated rings. The maximum Gasteiger partial charge on any atom is 0.321 e. The number of nitrogens with one attached hydrogen (secondary N) is 2. The summed E-state index contributed by atoms with van der Waals surface area (Å²) in [4.78, 5) is 23.5. The Hall–Kier alpha value is -2.47. The van der Waals surface area contributed by atoms with Crippen LogP contribution in [0.4, 0.5) is 0 Å². The smallest absolute Gasteiger partial charge is 0.321 e. The molecule has 2 unspecified atom stereocenters. The van der Waals surface area contributed by atoms with Crippen molar-refractivity contribution in [2.45, 2.75) is 19.1 Å². The van der Waals surface area contributed by atoms with Crippen molar-refractivity contribution in [3.05, 3.63) is 65.0 Å². The second-order valence-electron chi connectivity index (χ2n) is 6.35. The van der Waals surface area contributed by atoms with Gasteiger partial charge in [0.1, 0.15) is 12.0 Å². The number of thiophene rings is 1. The zero-order valence-electron chi connectivity index (χ0n) is 15.5. The topological polar surface area (TPSA) is 84.5 Å². The molecule has 2 N–H and O–H groups in total. The standard InChI is InChI=1S/C20H21N2O4PS/c1-14(12-23)22-27(25,26-17-6-4-3-5-7-17)13-15-8-9-18-16(10-15)11-19(28-18)20(24)21-2/h3-12,14H,13H2,1-2H3,(H,21,24)(H,22,25). The highest BCUT2D eigenvalue weighted by molar-refractivity contribution is 7.56. The Balaban J connectivity index is 1.89. The predicted molar refractivity (Wildman–Crippen MR) is 112 cm³/mol. The van der Waals surface area contributed by atoms with Crippen molar-refractivity contribution in [3.63, 3.8) is 0 Å². The third-order valence-electron chi connectivity index (χ3n) is 4.02. The Labute approximate surface area is 167 Å². The molecule has 1 aromatic heterocycles. The lowest BCUT2D eigenvalue weighted by Crippen LogP contribution is -2.27. The summed E-state index contributed by atoms with van der Waals surface area (Å²) < 4.78 is 20.2. The van der Waals surface area contributed by atoms with E-state index in [4.69, 9.17) is 4.52 Å². The minimum atomic E-state index is -3.39. The molecule has 28 heavy (non-hydrogen) atoms. The zero-order valence-corrected chi connectivity index (χ0v) is 17.3. The van der Waals surface area contributed by atoms with Gasteiger partial charge in [-0.1, -0.05) is 24.3 Å². The van der Waals surface area contributed by atoms with Gasteiger partial charge in [0.15, 0.2) is 0 Å². The Morgan fingerprint density at radius 3 is 2.64 bits per heavy atom. The number of aldehydes is 1. The van der Waals surface area contributed by atoms with Gasteiger partial charge in [-0.2, -0.15) is 0 Å². The first-order chi connectivity index (χ1) is 13.4. The van der Waals surface area contributed by atoms with E-state index in [1.54, 1.807) is 38.2 Å². The number of hydrogen-bond donors (Lipinski definition) is 2. The molecule has 0 aliphatic rings. The van der Waals surface area contributed by atoms with Gasteiger partial charge in [-0.25, -0.2) is 5.09 Å². The van der Waals surface area contributed by atoms with Crippen LogP contribution in [-0.4, -0.2) is 25.3 Å². The van der Waals surface area contributed by atoms with Crippen molar-refractivity contribution in [2.24, 2.45) is 0 Å². The van der Waals surface area contributed by atoms with E-state index in [2.05, 4.69) is 10.4 Å². The summed E-state index contributed by atoms with van der Waals surface area (Å²) in [7, 11) is -1.80. The fourth-order valence-electron chi connectivity index (χ4n) is 2.76. The van der Waals surface area contributed by atoms with Crippen LogP contribution in [0.3, 0.4) is 0 Å². The zero-order chi connectivity index (χ0) is 20.1. The molecule has 1 amide bonds. The van der Waals surface area contributed by atoms with Crippen LogP contribution in [0.25, 0.3) is 10.1 Å². The number of carbonyl (C=O) groups excluding carboxylic acids is 2.